The summed E-state index contributed by atoms with van der Waals surface area (Å²) in [6.45, 7) is 2.37. The van der Waals surface area contributed by atoms with Crippen LogP contribution in [0.3, 0.4) is 0 Å². The number of benzene rings is 2. The van der Waals surface area contributed by atoms with Gasteiger partial charge in [-0.15, -0.1) is 0 Å². The summed E-state index contributed by atoms with van der Waals surface area (Å²) < 4.78 is 0. The number of H-pyrrole nitrogens is 2. The Bertz CT molecular complexity index is 2950. The number of nitrogens with two attached hydrogens (primary N) is 2. The standard InChI is InChI=1S/C55H77N17O12/c1-30(2)20-39(49(79)67-38(11-6-18-61-55(57)58)54(84)72-19-7-12-44(72)53(83)63-26-45(56)75)66-46(76)27-64-47(77)40(21-31-13-15-34(74)16-14-31)68-52(82)43(28-73)71-50(80)41(22-32-24-62-36-9-4-3-8-35(32)36)69-51(81)42(23-33-25-59-29-65-33)70-48(78)37-10-5-17-60-37/h3-4,8-9,13-16,24-25,29-30,37-44,60,62,73-74H,5-7,10-12,17-23,26-28H2,1-2H3,(H2,56,75)(H,59,65)(H,63,83)(H,64,77)(H,66,76)(H,67,79)(H,68,82)(H,69,81)(H,70,78)(H,71,80)(H4,57,58,61)/t37-,38?,39?,40?,41?,42?,43?,44-/m0/s1. The van der Waals surface area contributed by atoms with Gasteiger partial charge in [0.25, 0.3) is 0 Å². The van der Waals surface area contributed by atoms with Crippen LogP contribution < -0.4 is 64.6 Å². The van der Waals surface area contributed by atoms with Gasteiger partial charge in [-0.25, -0.2) is 4.98 Å². The first-order valence-corrected chi connectivity index (χ1v) is 27.9. The third-order valence-electron chi connectivity index (χ3n) is 14.2. The fraction of sp³-hybridized carbons (Fsp3) is 0.491. The van der Waals surface area contributed by atoms with E-state index in [0.29, 0.717) is 36.2 Å². The first kappa shape index (κ1) is 64.1. The van der Waals surface area contributed by atoms with E-state index in [1.165, 1.54) is 35.5 Å². The number of aliphatic hydroxyl groups excluding tert-OH is 1. The van der Waals surface area contributed by atoms with Crippen molar-refractivity contribution >= 4 is 75.9 Å². The number of carbonyl (C=O) groups excluding carboxylic acids is 10. The lowest BCUT2D eigenvalue weighted by Crippen LogP contribution is -2.60. The molecule has 0 aliphatic carbocycles. The third kappa shape index (κ3) is 19.2. The number of nitrogens with one attached hydrogen (secondary N) is 13. The van der Waals surface area contributed by atoms with Gasteiger partial charge in [0, 0.05) is 55.6 Å². The van der Waals surface area contributed by atoms with Crippen molar-refractivity contribution in [3.63, 3.8) is 0 Å². The minimum absolute atomic E-state index is 0.0274. The van der Waals surface area contributed by atoms with E-state index in [2.05, 4.69) is 68.1 Å². The van der Waals surface area contributed by atoms with Crippen molar-refractivity contribution < 1.29 is 58.2 Å². The number of aromatic amines is 2. The van der Waals surface area contributed by atoms with E-state index in [4.69, 9.17) is 16.9 Å². The van der Waals surface area contributed by atoms with Crippen LogP contribution in [-0.4, -0.2) is 183 Å². The molecule has 2 aliphatic heterocycles. The number of primary amides is 1. The van der Waals surface area contributed by atoms with E-state index in [1.54, 1.807) is 32.3 Å². The van der Waals surface area contributed by atoms with Gasteiger partial charge in [-0.2, -0.15) is 0 Å². The Morgan fingerprint density at radius 3 is 2.04 bits per heavy atom. The first-order chi connectivity index (χ1) is 40.2. The highest BCUT2D eigenvalue weighted by Gasteiger charge is 2.39. The molecular formula is C55H77N17O12. The molecule has 4 aromatic rings. The molecule has 2 fully saturated rings. The monoisotopic (exact) mass is 1170 g/mol. The smallest absolute Gasteiger partial charge is 0.245 e. The van der Waals surface area contributed by atoms with Gasteiger partial charge in [-0.3, -0.25) is 53.4 Å². The Labute approximate surface area is 484 Å². The van der Waals surface area contributed by atoms with Crippen molar-refractivity contribution in [1.82, 2.24) is 73.0 Å². The second-order valence-electron chi connectivity index (χ2n) is 21.2. The quantitative estimate of drug-likeness (QED) is 0.0131. The number of fused-ring (bicyclic) bond motifs is 1. The highest BCUT2D eigenvalue weighted by molar-refractivity contribution is 5.98. The topological polar surface area (TPSA) is 455 Å². The van der Waals surface area contributed by atoms with Crippen molar-refractivity contribution in [1.29, 1.82) is 5.41 Å². The van der Waals surface area contributed by atoms with Gasteiger partial charge < -0.3 is 89.7 Å². The Hall–Kier alpha value is -9.12. The van der Waals surface area contributed by atoms with Crippen LogP contribution in [0.25, 0.3) is 10.9 Å². The number of rotatable bonds is 31. The molecule has 29 heteroatoms. The van der Waals surface area contributed by atoms with Crippen LogP contribution >= 0.6 is 0 Å². The number of imidazole rings is 1. The second-order valence-corrected chi connectivity index (χ2v) is 21.2. The molecule has 6 rings (SSSR count). The predicted octanol–water partition coefficient (Wildman–Crippen LogP) is -3.70. The molecule has 2 aromatic heterocycles. The summed E-state index contributed by atoms with van der Waals surface area (Å²) in [5.41, 5.74) is 12.9. The van der Waals surface area contributed by atoms with Gasteiger partial charge >= 0.3 is 0 Å². The molecule has 19 N–H and O–H groups in total. The molecule has 84 heavy (non-hydrogen) atoms. The second kappa shape index (κ2) is 31.4. The number of aliphatic hydroxyl groups is 1. The largest absolute Gasteiger partial charge is 0.508 e. The zero-order valence-electron chi connectivity index (χ0n) is 46.9. The predicted molar refractivity (Wildman–Crippen MR) is 304 cm³/mol. The van der Waals surface area contributed by atoms with E-state index in [1.807, 2.05) is 18.2 Å². The molecule has 6 unspecified atom stereocenters. The highest BCUT2D eigenvalue weighted by atomic mass is 16.3. The minimum atomic E-state index is -1.72. The van der Waals surface area contributed by atoms with Crippen molar-refractivity contribution in [2.45, 2.75) is 126 Å². The number of hydrogen-bond acceptors (Lipinski definition) is 15. The lowest BCUT2D eigenvalue weighted by Gasteiger charge is -2.30. The molecule has 29 nitrogen and oxygen atoms in total. The Morgan fingerprint density at radius 2 is 1.38 bits per heavy atom. The van der Waals surface area contributed by atoms with Crippen molar-refractivity contribution in [2.75, 3.05) is 39.3 Å². The Balaban J connectivity index is 1.15. The van der Waals surface area contributed by atoms with Gasteiger partial charge in [-0.1, -0.05) is 44.2 Å². The van der Waals surface area contributed by atoms with Gasteiger partial charge in [0.2, 0.25) is 59.1 Å². The number of likely N-dealkylation sites (tertiary alicyclic amines) is 1. The number of carbonyl (C=O) groups is 10. The minimum Gasteiger partial charge on any atom is -0.508 e. The van der Waals surface area contributed by atoms with E-state index < -0.39 is 127 Å². The fourth-order valence-electron chi connectivity index (χ4n) is 9.91. The molecule has 0 bridgehead atoms. The lowest BCUT2D eigenvalue weighted by molar-refractivity contribution is -0.142. The van der Waals surface area contributed by atoms with E-state index in [9.17, 15) is 58.2 Å². The van der Waals surface area contributed by atoms with Crippen LogP contribution in [-0.2, 0) is 67.2 Å². The summed E-state index contributed by atoms with van der Waals surface area (Å²) in [5.74, 6) is -8.21. The van der Waals surface area contributed by atoms with Crippen LogP contribution in [0.5, 0.6) is 5.75 Å². The maximum Gasteiger partial charge on any atom is 0.245 e. The number of amides is 10. The molecule has 2 saturated heterocycles. The van der Waals surface area contributed by atoms with Crippen LogP contribution in [0.15, 0.2) is 67.3 Å². The average molecular weight is 1170 g/mol. The molecule has 0 radical (unpaired) electrons. The normalized spacial score (nSPS) is 16.9. The van der Waals surface area contributed by atoms with Crippen molar-refractivity contribution in [3.8, 4) is 5.75 Å². The maximum absolute atomic E-state index is 14.4. The zero-order chi connectivity index (χ0) is 60.9. The van der Waals surface area contributed by atoms with E-state index >= 15 is 0 Å². The summed E-state index contributed by atoms with van der Waals surface area (Å²) in [7, 11) is 0. The van der Waals surface area contributed by atoms with Crippen LogP contribution in [0.2, 0.25) is 0 Å². The van der Waals surface area contributed by atoms with Gasteiger partial charge in [-0.05, 0) is 86.7 Å². The third-order valence-corrected chi connectivity index (χ3v) is 14.2. The summed E-state index contributed by atoms with van der Waals surface area (Å²) in [6, 6.07) is 3.12. The molecule has 4 heterocycles. The van der Waals surface area contributed by atoms with Crippen molar-refractivity contribution in [2.24, 2.45) is 17.4 Å². The number of phenolic OH excluding ortho intramolecular Hbond substituents is 1. The summed E-state index contributed by atoms with van der Waals surface area (Å²) in [5, 5.41) is 55.4. The van der Waals surface area contributed by atoms with Crippen molar-refractivity contribution in [3.05, 3.63) is 84.1 Å². The van der Waals surface area contributed by atoms with Crippen LogP contribution in [0, 0.1) is 11.3 Å². The number of hydrogen-bond donors (Lipinski definition) is 17. The number of aromatic hydroxyl groups is 1. The molecule has 0 spiro atoms. The SMILES string of the molecule is CC(C)CC(NC(=O)CNC(=O)C(Cc1ccc(O)cc1)NC(=O)C(CO)NC(=O)C(Cc1c[nH]c2ccccc12)NC(=O)C(Cc1c[nH]cn1)NC(=O)[C@@H]1CCCN1)C(=O)NC(CCCNC(=N)N)C(=O)N1CCC[C@H]1C(=O)NCC(N)=O. The molecule has 2 aliphatic rings. The average Bonchev–Trinajstić information content (AvgIpc) is 4.15. The summed E-state index contributed by atoms with van der Waals surface area (Å²) in [6.07, 6.45) is 6.63. The number of guanidine groups is 1. The highest BCUT2D eigenvalue weighted by Crippen LogP contribution is 2.22. The lowest BCUT2D eigenvalue weighted by atomic mass is 10.0. The van der Waals surface area contributed by atoms with Gasteiger partial charge in [0.1, 0.15) is 48.0 Å². The molecule has 0 saturated carbocycles. The van der Waals surface area contributed by atoms with E-state index in [-0.39, 0.29) is 75.7 Å². The number of nitrogens with zero attached hydrogens (tertiary/aromatic N) is 2. The fourth-order valence-corrected chi connectivity index (χ4v) is 9.91. The Morgan fingerprint density at radius 1 is 0.714 bits per heavy atom. The number of aromatic nitrogens is 3. The summed E-state index contributed by atoms with van der Waals surface area (Å²) >= 11 is 0. The zero-order valence-corrected chi connectivity index (χ0v) is 46.9. The van der Waals surface area contributed by atoms with Crippen LogP contribution in [0.4, 0.5) is 0 Å². The number of phenols is 1. The first-order valence-electron chi connectivity index (χ1n) is 27.9. The molecular weight excluding hydrogens is 1090 g/mol. The Kier molecular flexibility index (Phi) is 23.9. The van der Waals surface area contributed by atoms with Gasteiger partial charge in [0.05, 0.1) is 37.8 Å². The van der Waals surface area contributed by atoms with Gasteiger partial charge in [0.15, 0.2) is 5.96 Å². The summed E-state index contributed by atoms with van der Waals surface area (Å²) in [4.78, 5) is 148. The molecule has 8 atom stereocenters. The maximum atomic E-state index is 14.4. The molecule has 10 amide bonds. The molecule has 454 valence electrons. The number of para-hydroxylation sites is 1. The van der Waals surface area contributed by atoms with E-state index in [0.717, 1.165) is 17.3 Å². The van der Waals surface area contributed by atoms with Crippen LogP contribution in [0.1, 0.15) is 75.6 Å². The molecule has 2 aromatic carbocycles.